The first kappa shape index (κ1) is 17.0. The highest BCUT2D eigenvalue weighted by atomic mass is 16.4. The minimum Gasteiger partial charge on any atom is -0.481 e. The molecule has 2 amide bonds. The number of amides is 2. The Morgan fingerprint density at radius 3 is 2.38 bits per heavy atom. The maximum absolute atomic E-state index is 12.6. The number of hydrogen-bond donors (Lipinski definition) is 1. The fourth-order valence-corrected chi connectivity index (χ4v) is 2.03. The maximum atomic E-state index is 12.6. The zero-order valence-electron chi connectivity index (χ0n) is 13.0. The molecule has 0 saturated carbocycles. The molecule has 0 saturated heterocycles. The molecule has 0 fully saturated rings. The summed E-state index contributed by atoms with van der Waals surface area (Å²) in [7, 11) is 1.76. The van der Waals surface area contributed by atoms with Crippen LogP contribution in [0.5, 0.6) is 0 Å². The number of benzene rings is 1. The molecule has 5 heteroatoms. The normalized spacial score (nSPS) is 11.8. The van der Waals surface area contributed by atoms with Crippen LogP contribution >= 0.6 is 0 Å². The van der Waals surface area contributed by atoms with Gasteiger partial charge in [0.2, 0.25) is 0 Å². The number of hydrogen-bond acceptors (Lipinski definition) is 2. The van der Waals surface area contributed by atoms with E-state index in [0.717, 1.165) is 12.1 Å². The molecule has 1 aromatic carbocycles. The zero-order chi connectivity index (χ0) is 15.8. The first-order chi connectivity index (χ1) is 9.95. The van der Waals surface area contributed by atoms with Gasteiger partial charge in [0, 0.05) is 25.8 Å². The van der Waals surface area contributed by atoms with Crippen LogP contribution in [-0.4, -0.2) is 42.1 Å². The van der Waals surface area contributed by atoms with Crippen molar-refractivity contribution in [2.75, 3.05) is 25.0 Å². The van der Waals surface area contributed by atoms with Gasteiger partial charge in [-0.15, -0.1) is 0 Å². The Kier molecular flexibility index (Phi) is 6.72. The van der Waals surface area contributed by atoms with Gasteiger partial charge in [-0.2, -0.15) is 0 Å². The zero-order valence-corrected chi connectivity index (χ0v) is 13.0. The lowest BCUT2D eigenvalue weighted by Crippen LogP contribution is -2.43. The van der Waals surface area contributed by atoms with E-state index in [2.05, 4.69) is 13.8 Å². The molecule has 0 aromatic heterocycles. The standard InChI is InChI=1S/C16H24N2O3/c1-4-13(2)12-17(3)16(21)18(11-10-15(19)20)14-8-6-5-7-9-14/h5-9,13H,4,10-12H2,1-3H3,(H,19,20). The second-order valence-corrected chi connectivity index (χ2v) is 5.31. The molecule has 1 unspecified atom stereocenters. The van der Waals surface area contributed by atoms with Crippen LogP contribution in [0.1, 0.15) is 26.7 Å². The first-order valence-electron chi connectivity index (χ1n) is 7.25. The summed E-state index contributed by atoms with van der Waals surface area (Å²) in [6.45, 7) is 5.00. The fraction of sp³-hybridized carbons (Fsp3) is 0.500. The predicted octanol–water partition coefficient (Wildman–Crippen LogP) is 3.07. The van der Waals surface area contributed by atoms with Crippen molar-refractivity contribution >= 4 is 17.7 Å². The first-order valence-corrected chi connectivity index (χ1v) is 7.25. The number of anilines is 1. The maximum Gasteiger partial charge on any atom is 0.324 e. The van der Waals surface area contributed by atoms with Gasteiger partial charge in [0.05, 0.1) is 6.42 Å². The summed E-state index contributed by atoms with van der Waals surface area (Å²) in [5.41, 5.74) is 0.722. The van der Waals surface area contributed by atoms with Gasteiger partial charge in [-0.25, -0.2) is 4.79 Å². The van der Waals surface area contributed by atoms with Crippen LogP contribution in [0.15, 0.2) is 30.3 Å². The highest BCUT2D eigenvalue weighted by Gasteiger charge is 2.21. The van der Waals surface area contributed by atoms with Crippen LogP contribution in [0.25, 0.3) is 0 Å². The predicted molar refractivity (Wildman–Crippen MR) is 83.5 cm³/mol. The van der Waals surface area contributed by atoms with E-state index in [1.54, 1.807) is 11.9 Å². The van der Waals surface area contributed by atoms with Gasteiger partial charge >= 0.3 is 12.0 Å². The van der Waals surface area contributed by atoms with Gasteiger partial charge in [-0.3, -0.25) is 9.69 Å². The van der Waals surface area contributed by atoms with Gasteiger partial charge in [0.1, 0.15) is 0 Å². The average molecular weight is 292 g/mol. The molecule has 0 aliphatic carbocycles. The third-order valence-electron chi connectivity index (χ3n) is 3.46. The SMILES string of the molecule is CCC(C)CN(C)C(=O)N(CCC(=O)O)c1ccccc1. The molecule has 1 aromatic rings. The number of nitrogens with zero attached hydrogens (tertiary/aromatic N) is 2. The lowest BCUT2D eigenvalue weighted by Gasteiger charge is -2.29. The van der Waals surface area contributed by atoms with Crippen molar-refractivity contribution in [2.24, 2.45) is 5.92 Å². The summed E-state index contributed by atoms with van der Waals surface area (Å²) >= 11 is 0. The molecule has 5 nitrogen and oxygen atoms in total. The quantitative estimate of drug-likeness (QED) is 0.840. The molecular weight excluding hydrogens is 268 g/mol. The smallest absolute Gasteiger partial charge is 0.324 e. The summed E-state index contributed by atoms with van der Waals surface area (Å²) in [5, 5.41) is 8.86. The second-order valence-electron chi connectivity index (χ2n) is 5.31. The van der Waals surface area contributed by atoms with E-state index in [-0.39, 0.29) is 19.0 Å². The lowest BCUT2D eigenvalue weighted by atomic mass is 10.1. The molecule has 0 radical (unpaired) electrons. The number of rotatable bonds is 7. The number of carbonyl (C=O) groups excluding carboxylic acids is 1. The lowest BCUT2D eigenvalue weighted by molar-refractivity contribution is -0.136. The third kappa shape index (κ3) is 5.45. The Balaban J connectivity index is 2.85. The van der Waals surface area contributed by atoms with Crippen LogP contribution < -0.4 is 4.90 Å². The second kappa shape index (κ2) is 8.29. The molecule has 1 rings (SSSR count). The van der Waals surface area contributed by atoms with Gasteiger partial charge < -0.3 is 10.0 Å². The van der Waals surface area contributed by atoms with Crippen LogP contribution in [0, 0.1) is 5.92 Å². The molecule has 0 aliphatic heterocycles. The van der Waals surface area contributed by atoms with Crippen molar-refractivity contribution in [3.63, 3.8) is 0 Å². The molecule has 0 bridgehead atoms. The molecule has 1 atom stereocenters. The minimum atomic E-state index is -0.909. The highest BCUT2D eigenvalue weighted by molar-refractivity contribution is 5.92. The van der Waals surface area contributed by atoms with E-state index in [0.29, 0.717) is 12.5 Å². The average Bonchev–Trinajstić information content (AvgIpc) is 2.47. The van der Waals surface area contributed by atoms with Gasteiger partial charge in [0.15, 0.2) is 0 Å². The van der Waals surface area contributed by atoms with Crippen molar-refractivity contribution in [2.45, 2.75) is 26.7 Å². The summed E-state index contributed by atoms with van der Waals surface area (Å²) in [6.07, 6.45) is 0.926. The Labute approximate surface area is 126 Å². The Morgan fingerprint density at radius 2 is 1.86 bits per heavy atom. The fourth-order valence-electron chi connectivity index (χ4n) is 2.03. The Morgan fingerprint density at radius 1 is 1.24 bits per heavy atom. The molecule has 21 heavy (non-hydrogen) atoms. The van der Waals surface area contributed by atoms with Gasteiger partial charge in [-0.05, 0) is 18.1 Å². The van der Waals surface area contributed by atoms with E-state index in [4.69, 9.17) is 5.11 Å². The van der Waals surface area contributed by atoms with Crippen molar-refractivity contribution in [3.05, 3.63) is 30.3 Å². The number of carboxylic acid groups (broad SMARTS) is 1. The van der Waals surface area contributed by atoms with Crippen LogP contribution in [0.2, 0.25) is 0 Å². The highest BCUT2D eigenvalue weighted by Crippen LogP contribution is 2.16. The monoisotopic (exact) mass is 292 g/mol. The topological polar surface area (TPSA) is 60.9 Å². The molecule has 0 spiro atoms. The Hall–Kier alpha value is -2.04. The van der Waals surface area contributed by atoms with Crippen molar-refractivity contribution in [1.82, 2.24) is 4.90 Å². The minimum absolute atomic E-state index is 0.0716. The van der Waals surface area contributed by atoms with E-state index in [9.17, 15) is 9.59 Å². The van der Waals surface area contributed by atoms with Crippen LogP contribution in [0.3, 0.4) is 0 Å². The summed E-state index contributed by atoms with van der Waals surface area (Å²) < 4.78 is 0. The van der Waals surface area contributed by atoms with E-state index in [1.807, 2.05) is 30.3 Å². The van der Waals surface area contributed by atoms with Gasteiger partial charge in [0.25, 0.3) is 0 Å². The number of para-hydroxylation sites is 1. The molecular formula is C16H24N2O3. The van der Waals surface area contributed by atoms with Crippen molar-refractivity contribution < 1.29 is 14.7 Å². The number of aliphatic carboxylic acids is 1. The third-order valence-corrected chi connectivity index (χ3v) is 3.46. The molecule has 0 heterocycles. The number of carboxylic acids is 1. The van der Waals surface area contributed by atoms with E-state index in [1.165, 1.54) is 4.90 Å². The largest absolute Gasteiger partial charge is 0.481 e. The summed E-state index contributed by atoms with van der Waals surface area (Å²) in [4.78, 5) is 26.5. The summed E-state index contributed by atoms with van der Waals surface area (Å²) in [6, 6.07) is 9.01. The van der Waals surface area contributed by atoms with Gasteiger partial charge in [-0.1, -0.05) is 38.5 Å². The Bertz CT molecular complexity index is 462. The van der Waals surface area contributed by atoms with Crippen molar-refractivity contribution in [1.29, 1.82) is 0 Å². The molecule has 116 valence electrons. The van der Waals surface area contributed by atoms with Crippen LogP contribution in [-0.2, 0) is 4.79 Å². The molecule has 1 N–H and O–H groups in total. The van der Waals surface area contributed by atoms with Crippen molar-refractivity contribution in [3.8, 4) is 0 Å². The number of carbonyl (C=O) groups is 2. The summed E-state index contributed by atoms with van der Waals surface area (Å²) in [5.74, 6) is -0.496. The molecule has 0 aliphatic rings. The van der Waals surface area contributed by atoms with E-state index < -0.39 is 5.97 Å². The van der Waals surface area contributed by atoms with Crippen LogP contribution in [0.4, 0.5) is 10.5 Å². The number of urea groups is 1. The van der Waals surface area contributed by atoms with E-state index >= 15 is 0 Å².